The number of anilines is 2. The summed E-state index contributed by atoms with van der Waals surface area (Å²) in [4.78, 5) is 12.8. The van der Waals surface area contributed by atoms with Crippen molar-refractivity contribution in [3.63, 3.8) is 0 Å². The van der Waals surface area contributed by atoms with Crippen LogP contribution in [0.15, 0.2) is 77.7 Å². The van der Waals surface area contributed by atoms with Crippen molar-refractivity contribution in [2.24, 2.45) is 5.92 Å². The number of amides is 1. The van der Waals surface area contributed by atoms with Crippen LogP contribution in [0.25, 0.3) is 0 Å². The second-order valence-corrected chi connectivity index (χ2v) is 8.99. The normalized spacial score (nSPS) is 15.6. The molecular weight excluding hydrogens is 400 g/mol. The van der Waals surface area contributed by atoms with Gasteiger partial charge in [-0.15, -0.1) is 0 Å². The second-order valence-electron chi connectivity index (χ2n) is 7.30. The maximum Gasteiger partial charge on any atom is 0.261 e. The molecule has 1 heterocycles. The smallest absolute Gasteiger partial charge is 0.261 e. The predicted octanol–water partition coefficient (Wildman–Crippen LogP) is 3.99. The molecule has 1 aliphatic rings. The van der Waals surface area contributed by atoms with E-state index in [1.807, 2.05) is 31.2 Å². The summed E-state index contributed by atoms with van der Waals surface area (Å²) in [5.74, 6) is 0.420. The molecule has 0 radical (unpaired) electrons. The van der Waals surface area contributed by atoms with E-state index in [9.17, 15) is 13.2 Å². The topological polar surface area (TPSA) is 84.5 Å². The van der Waals surface area contributed by atoms with Crippen LogP contribution in [0.1, 0.15) is 11.1 Å². The molecule has 0 saturated carbocycles. The standard InChI is InChI=1S/C23H22N2O4S/c1-16-6-12-21(13-7-16)30(27,28)25-20-10-8-19(9-11-20)24-23(26)18-14-17-4-2-3-5-22(17)29-15-18/h2-13,18,25H,14-15H2,1H3,(H,24,26). The number of aryl methyl sites for hydroxylation is 1. The first-order valence-corrected chi connectivity index (χ1v) is 11.1. The van der Waals surface area contributed by atoms with Gasteiger partial charge >= 0.3 is 0 Å². The van der Waals surface area contributed by atoms with Gasteiger partial charge in [-0.3, -0.25) is 9.52 Å². The molecule has 0 bridgehead atoms. The summed E-state index contributed by atoms with van der Waals surface area (Å²) in [6.07, 6.45) is 0.621. The molecule has 6 nitrogen and oxygen atoms in total. The Morgan fingerprint density at radius 2 is 1.60 bits per heavy atom. The second kappa shape index (κ2) is 8.20. The van der Waals surface area contributed by atoms with Gasteiger partial charge in [0.2, 0.25) is 5.91 Å². The van der Waals surface area contributed by atoms with Gasteiger partial charge in [-0.25, -0.2) is 8.42 Å². The van der Waals surface area contributed by atoms with Crippen molar-refractivity contribution in [3.8, 4) is 5.75 Å². The highest BCUT2D eigenvalue weighted by molar-refractivity contribution is 7.92. The maximum atomic E-state index is 12.6. The van der Waals surface area contributed by atoms with Crippen molar-refractivity contribution < 1.29 is 17.9 Å². The zero-order chi connectivity index (χ0) is 21.1. The zero-order valence-corrected chi connectivity index (χ0v) is 17.3. The first-order chi connectivity index (χ1) is 14.4. The largest absolute Gasteiger partial charge is 0.492 e. The average molecular weight is 423 g/mol. The summed E-state index contributed by atoms with van der Waals surface area (Å²) < 4.78 is 33.2. The monoisotopic (exact) mass is 422 g/mol. The maximum absolute atomic E-state index is 12.6. The predicted molar refractivity (Wildman–Crippen MR) is 116 cm³/mol. The molecule has 3 aromatic rings. The lowest BCUT2D eigenvalue weighted by Crippen LogP contribution is -2.32. The lowest BCUT2D eigenvalue weighted by molar-refractivity contribution is -0.121. The molecule has 2 N–H and O–H groups in total. The molecule has 0 fully saturated rings. The molecule has 154 valence electrons. The van der Waals surface area contributed by atoms with Crippen LogP contribution in [0.5, 0.6) is 5.75 Å². The van der Waals surface area contributed by atoms with E-state index in [-0.39, 0.29) is 16.7 Å². The van der Waals surface area contributed by atoms with E-state index in [2.05, 4.69) is 10.0 Å². The summed E-state index contributed by atoms with van der Waals surface area (Å²) in [6, 6.07) is 20.9. The number of ether oxygens (including phenoxy) is 1. The van der Waals surface area contributed by atoms with E-state index >= 15 is 0 Å². The van der Waals surface area contributed by atoms with Gasteiger partial charge in [0.15, 0.2) is 0 Å². The number of nitrogens with one attached hydrogen (secondary N) is 2. The van der Waals surface area contributed by atoms with Crippen molar-refractivity contribution in [1.29, 1.82) is 0 Å². The number of hydrogen-bond donors (Lipinski definition) is 2. The van der Waals surface area contributed by atoms with E-state index in [4.69, 9.17) is 4.74 Å². The number of rotatable bonds is 5. The van der Waals surface area contributed by atoms with Gasteiger partial charge in [-0.05, 0) is 61.4 Å². The number of fused-ring (bicyclic) bond motifs is 1. The fraction of sp³-hybridized carbons (Fsp3) is 0.174. The van der Waals surface area contributed by atoms with Crippen molar-refractivity contribution >= 4 is 27.3 Å². The van der Waals surface area contributed by atoms with Gasteiger partial charge in [0.05, 0.1) is 10.8 Å². The molecule has 1 atom stereocenters. The first kappa shape index (κ1) is 20.0. The number of para-hydroxylation sites is 1. The van der Waals surface area contributed by atoms with E-state index in [0.717, 1.165) is 16.9 Å². The molecule has 4 rings (SSSR count). The Morgan fingerprint density at radius 3 is 2.33 bits per heavy atom. The molecular formula is C23H22N2O4S. The van der Waals surface area contributed by atoms with Gasteiger partial charge in [0.25, 0.3) is 10.0 Å². The van der Waals surface area contributed by atoms with Crippen molar-refractivity contribution in [2.45, 2.75) is 18.2 Å². The first-order valence-electron chi connectivity index (χ1n) is 9.62. The van der Waals surface area contributed by atoms with Crippen LogP contribution in [0.3, 0.4) is 0 Å². The Labute approximate surface area is 176 Å². The van der Waals surface area contributed by atoms with Crippen molar-refractivity contribution in [1.82, 2.24) is 0 Å². The van der Waals surface area contributed by atoms with E-state index in [1.165, 1.54) is 0 Å². The van der Waals surface area contributed by atoms with Crippen LogP contribution >= 0.6 is 0 Å². The number of carbonyl (C=O) groups excluding carboxylic acids is 1. The Morgan fingerprint density at radius 1 is 0.933 bits per heavy atom. The number of carbonyl (C=O) groups is 1. The molecule has 0 saturated heterocycles. The van der Waals surface area contributed by atoms with Gasteiger partial charge in [-0.1, -0.05) is 35.9 Å². The third-order valence-corrected chi connectivity index (χ3v) is 6.38. The van der Waals surface area contributed by atoms with Crippen molar-refractivity contribution in [3.05, 3.63) is 83.9 Å². The van der Waals surface area contributed by atoms with E-state index in [0.29, 0.717) is 24.4 Å². The van der Waals surface area contributed by atoms with Crippen LogP contribution in [0, 0.1) is 12.8 Å². The van der Waals surface area contributed by atoms with Crippen molar-refractivity contribution in [2.75, 3.05) is 16.6 Å². The minimum atomic E-state index is -3.67. The number of hydrogen-bond acceptors (Lipinski definition) is 4. The van der Waals surface area contributed by atoms with E-state index < -0.39 is 10.0 Å². The highest BCUT2D eigenvalue weighted by Gasteiger charge is 2.25. The van der Waals surface area contributed by atoms with Crippen LogP contribution in [-0.2, 0) is 21.2 Å². The molecule has 1 amide bonds. The summed E-state index contributed by atoms with van der Waals surface area (Å²) in [5.41, 5.74) is 3.02. The fourth-order valence-electron chi connectivity index (χ4n) is 3.29. The van der Waals surface area contributed by atoms with Crippen LogP contribution < -0.4 is 14.8 Å². The zero-order valence-electron chi connectivity index (χ0n) is 16.5. The van der Waals surface area contributed by atoms with E-state index in [1.54, 1.807) is 48.5 Å². The van der Waals surface area contributed by atoms with Crippen LogP contribution in [-0.4, -0.2) is 20.9 Å². The molecule has 0 aromatic heterocycles. The molecule has 7 heteroatoms. The third kappa shape index (κ3) is 4.46. The molecule has 0 aliphatic carbocycles. The quantitative estimate of drug-likeness (QED) is 0.651. The number of sulfonamides is 1. The highest BCUT2D eigenvalue weighted by atomic mass is 32.2. The minimum absolute atomic E-state index is 0.127. The minimum Gasteiger partial charge on any atom is -0.492 e. The fourth-order valence-corrected chi connectivity index (χ4v) is 4.35. The summed E-state index contributed by atoms with van der Waals surface area (Å²) in [5, 5.41) is 2.87. The average Bonchev–Trinajstić information content (AvgIpc) is 2.75. The Hall–Kier alpha value is -3.32. The SMILES string of the molecule is Cc1ccc(S(=O)(=O)Nc2ccc(NC(=O)C3COc4ccccc4C3)cc2)cc1. The Balaban J connectivity index is 1.39. The Bertz CT molecular complexity index is 1160. The molecule has 0 spiro atoms. The van der Waals surface area contributed by atoms with Crippen LogP contribution in [0.2, 0.25) is 0 Å². The van der Waals surface area contributed by atoms with Gasteiger partial charge < -0.3 is 10.1 Å². The van der Waals surface area contributed by atoms with Crippen LogP contribution in [0.4, 0.5) is 11.4 Å². The molecule has 30 heavy (non-hydrogen) atoms. The highest BCUT2D eigenvalue weighted by Crippen LogP contribution is 2.27. The molecule has 1 unspecified atom stereocenters. The lowest BCUT2D eigenvalue weighted by atomic mass is 9.96. The third-order valence-electron chi connectivity index (χ3n) is 4.99. The van der Waals surface area contributed by atoms with Gasteiger partial charge in [-0.2, -0.15) is 0 Å². The summed E-state index contributed by atoms with van der Waals surface area (Å²) in [7, 11) is -3.67. The molecule has 1 aliphatic heterocycles. The Kier molecular flexibility index (Phi) is 5.46. The number of benzene rings is 3. The van der Waals surface area contributed by atoms with Gasteiger partial charge in [0, 0.05) is 11.4 Å². The summed E-state index contributed by atoms with van der Waals surface area (Å²) >= 11 is 0. The molecule has 3 aromatic carbocycles. The summed E-state index contributed by atoms with van der Waals surface area (Å²) in [6.45, 7) is 2.23. The lowest BCUT2D eigenvalue weighted by Gasteiger charge is -2.24. The van der Waals surface area contributed by atoms with Gasteiger partial charge in [0.1, 0.15) is 12.4 Å².